The van der Waals surface area contributed by atoms with Crippen molar-refractivity contribution in [1.29, 1.82) is 0 Å². The van der Waals surface area contributed by atoms with Crippen molar-refractivity contribution >= 4 is 22.9 Å². The number of hydrogen-bond acceptors (Lipinski definition) is 6. The van der Waals surface area contributed by atoms with Crippen molar-refractivity contribution in [2.45, 2.75) is 63.5 Å². The van der Waals surface area contributed by atoms with Gasteiger partial charge in [0.15, 0.2) is 0 Å². The second kappa shape index (κ2) is 14.7. The first-order chi connectivity index (χ1) is 14.5. The summed E-state index contributed by atoms with van der Waals surface area (Å²) in [6, 6.07) is 9.56. The van der Waals surface area contributed by atoms with E-state index in [9.17, 15) is 18.0 Å². The van der Waals surface area contributed by atoms with Crippen LogP contribution in [0, 0.1) is 5.92 Å². The molecule has 0 spiro atoms. The van der Waals surface area contributed by atoms with Gasteiger partial charge in [-0.25, -0.2) is 4.79 Å². The Labute approximate surface area is 180 Å². The van der Waals surface area contributed by atoms with Crippen LogP contribution in [0.2, 0.25) is 0 Å². The molecule has 0 saturated heterocycles. The minimum absolute atomic E-state index is 0.0765. The molecule has 1 aromatic carbocycles. The SMILES string of the molecule is CCCCC(CCCC1C(N=S(=O)=O)C1c1ccccc1)OC.CNC(=O)NC=O. The number of unbranched alkanes of at least 4 members (excludes halogenated alkanes) is 1. The Hall–Kier alpha value is -2.26. The van der Waals surface area contributed by atoms with Gasteiger partial charge >= 0.3 is 16.5 Å². The van der Waals surface area contributed by atoms with Crippen LogP contribution in [0.5, 0.6) is 0 Å². The van der Waals surface area contributed by atoms with E-state index in [1.54, 1.807) is 7.11 Å². The van der Waals surface area contributed by atoms with Crippen molar-refractivity contribution in [3.63, 3.8) is 0 Å². The van der Waals surface area contributed by atoms with E-state index in [0.29, 0.717) is 18.4 Å². The second-order valence-electron chi connectivity index (χ2n) is 7.19. The molecule has 1 aliphatic rings. The van der Waals surface area contributed by atoms with Gasteiger partial charge in [0.25, 0.3) is 0 Å². The third kappa shape index (κ3) is 9.49. The van der Waals surface area contributed by atoms with Crippen LogP contribution in [-0.4, -0.2) is 47.2 Å². The fourth-order valence-electron chi connectivity index (χ4n) is 3.59. The van der Waals surface area contributed by atoms with Crippen LogP contribution in [-0.2, 0) is 20.0 Å². The number of benzene rings is 1. The molecule has 3 amide bonds. The molecule has 2 N–H and O–H groups in total. The van der Waals surface area contributed by atoms with Crippen molar-refractivity contribution in [1.82, 2.24) is 10.6 Å². The first kappa shape index (κ1) is 25.8. The molecule has 30 heavy (non-hydrogen) atoms. The van der Waals surface area contributed by atoms with Crippen LogP contribution in [0.15, 0.2) is 34.7 Å². The summed E-state index contributed by atoms with van der Waals surface area (Å²) in [5.41, 5.74) is 1.20. The van der Waals surface area contributed by atoms with Crippen molar-refractivity contribution in [2.75, 3.05) is 14.2 Å². The largest absolute Gasteiger partial charge is 0.381 e. The summed E-state index contributed by atoms with van der Waals surface area (Å²) in [6.45, 7) is 2.19. The molecule has 0 radical (unpaired) electrons. The highest BCUT2D eigenvalue weighted by molar-refractivity contribution is 7.61. The van der Waals surface area contributed by atoms with E-state index in [0.717, 1.165) is 25.7 Å². The van der Waals surface area contributed by atoms with Gasteiger partial charge in [0.05, 0.1) is 12.1 Å². The van der Waals surface area contributed by atoms with Crippen LogP contribution in [0.1, 0.15) is 56.9 Å². The third-order valence-electron chi connectivity index (χ3n) is 5.21. The summed E-state index contributed by atoms with van der Waals surface area (Å²) in [5.74, 6) is 0.602. The van der Waals surface area contributed by atoms with Gasteiger partial charge in [0.1, 0.15) is 0 Å². The zero-order chi connectivity index (χ0) is 22.4. The van der Waals surface area contributed by atoms with Gasteiger partial charge in [-0.15, -0.1) is 0 Å². The summed E-state index contributed by atoms with van der Waals surface area (Å²) in [5, 5.41) is 4.05. The first-order valence-electron chi connectivity index (χ1n) is 10.3. The number of imide groups is 1. The minimum atomic E-state index is -2.32. The van der Waals surface area contributed by atoms with Gasteiger partial charge in [0, 0.05) is 20.1 Å². The van der Waals surface area contributed by atoms with Gasteiger partial charge in [-0.05, 0) is 30.7 Å². The number of carbonyl (C=O) groups is 2. The Morgan fingerprint density at radius 1 is 1.23 bits per heavy atom. The summed E-state index contributed by atoms with van der Waals surface area (Å²) in [7, 11) is 0.892. The van der Waals surface area contributed by atoms with Crippen LogP contribution in [0.25, 0.3) is 0 Å². The minimum Gasteiger partial charge on any atom is -0.381 e. The van der Waals surface area contributed by atoms with Crippen molar-refractivity contribution in [2.24, 2.45) is 10.3 Å². The molecular formula is C21H33N3O5S. The lowest BCUT2D eigenvalue weighted by Crippen LogP contribution is -2.31. The van der Waals surface area contributed by atoms with E-state index < -0.39 is 16.5 Å². The lowest BCUT2D eigenvalue weighted by molar-refractivity contribution is -0.108. The van der Waals surface area contributed by atoms with E-state index in [2.05, 4.69) is 28.7 Å². The molecule has 8 nitrogen and oxygen atoms in total. The topological polar surface area (TPSA) is 114 Å². The van der Waals surface area contributed by atoms with Crippen molar-refractivity contribution in [3.05, 3.63) is 35.9 Å². The zero-order valence-electron chi connectivity index (χ0n) is 17.9. The number of carbonyl (C=O) groups excluding carboxylic acids is 2. The van der Waals surface area contributed by atoms with Crippen LogP contribution < -0.4 is 10.6 Å². The van der Waals surface area contributed by atoms with E-state index >= 15 is 0 Å². The Balaban J connectivity index is 0.000000553. The number of hydrogen-bond donors (Lipinski definition) is 2. The van der Waals surface area contributed by atoms with Crippen molar-refractivity contribution in [3.8, 4) is 0 Å². The number of nitrogens with zero attached hydrogens (tertiary/aromatic N) is 1. The molecule has 0 bridgehead atoms. The van der Waals surface area contributed by atoms with Crippen LogP contribution in [0.3, 0.4) is 0 Å². The number of ether oxygens (including phenoxy) is 1. The van der Waals surface area contributed by atoms with Gasteiger partial charge in [-0.3, -0.25) is 10.1 Å². The molecule has 1 saturated carbocycles. The highest BCUT2D eigenvalue weighted by Crippen LogP contribution is 2.52. The monoisotopic (exact) mass is 439 g/mol. The van der Waals surface area contributed by atoms with E-state index in [1.807, 2.05) is 23.5 Å². The summed E-state index contributed by atoms with van der Waals surface area (Å²) in [4.78, 5) is 19.4. The Kier molecular flexibility index (Phi) is 12.6. The van der Waals surface area contributed by atoms with E-state index in [-0.39, 0.29) is 12.0 Å². The lowest BCUT2D eigenvalue weighted by Gasteiger charge is -2.14. The summed E-state index contributed by atoms with van der Waals surface area (Å²) < 4.78 is 31.3. The fraction of sp³-hybridized carbons (Fsp3) is 0.619. The molecular weight excluding hydrogens is 406 g/mol. The molecule has 1 aliphatic carbocycles. The molecule has 4 unspecified atom stereocenters. The number of urea groups is 1. The Morgan fingerprint density at radius 2 is 1.90 bits per heavy atom. The van der Waals surface area contributed by atoms with Crippen LogP contribution >= 0.6 is 0 Å². The predicted octanol–water partition coefficient (Wildman–Crippen LogP) is 3.28. The molecule has 9 heteroatoms. The maximum atomic E-state index is 10.9. The quantitative estimate of drug-likeness (QED) is 0.514. The summed E-state index contributed by atoms with van der Waals surface area (Å²) in [6.07, 6.45) is 7.26. The Morgan fingerprint density at radius 3 is 2.40 bits per heavy atom. The molecule has 0 aromatic heterocycles. The smallest absolute Gasteiger partial charge is 0.320 e. The highest BCUT2D eigenvalue weighted by atomic mass is 32.2. The first-order valence-corrected chi connectivity index (χ1v) is 11.3. The van der Waals surface area contributed by atoms with E-state index in [4.69, 9.17) is 4.74 Å². The molecule has 0 aliphatic heterocycles. The number of rotatable bonds is 11. The van der Waals surface area contributed by atoms with Crippen molar-refractivity contribution < 1.29 is 22.7 Å². The molecule has 4 atom stereocenters. The highest BCUT2D eigenvalue weighted by Gasteiger charge is 2.51. The Bertz CT molecular complexity index is 762. The summed E-state index contributed by atoms with van der Waals surface area (Å²) >= 11 is 0. The van der Waals surface area contributed by atoms with Gasteiger partial charge < -0.3 is 10.1 Å². The van der Waals surface area contributed by atoms with Crippen LogP contribution in [0.4, 0.5) is 4.79 Å². The maximum Gasteiger partial charge on any atom is 0.320 e. The molecule has 2 rings (SSSR count). The predicted molar refractivity (Wildman–Crippen MR) is 116 cm³/mol. The standard InChI is InChI=1S/C18H27NO3S.C3H6N2O2/c1-3-4-11-15(22-2)12-8-13-16-17(18(16)19-23(20)21)14-9-6-5-7-10-14;1-4-3(7)5-2-6/h5-7,9-10,15-18H,3-4,8,11-13H2,1-2H3;2H,1H3,(H2,4,5,6,7). The van der Waals surface area contributed by atoms with E-state index in [1.165, 1.54) is 25.5 Å². The molecule has 0 heterocycles. The average molecular weight is 440 g/mol. The fourth-order valence-corrected chi connectivity index (χ4v) is 4.07. The average Bonchev–Trinajstić information content (AvgIpc) is 3.42. The number of amides is 3. The van der Waals surface area contributed by atoms with Gasteiger partial charge in [0.2, 0.25) is 6.41 Å². The third-order valence-corrected chi connectivity index (χ3v) is 5.63. The molecule has 1 fully saturated rings. The number of nitrogens with one attached hydrogen (secondary N) is 2. The normalized spacial score (nSPS) is 20.2. The second-order valence-corrected chi connectivity index (χ2v) is 7.83. The number of methoxy groups -OCH3 is 1. The van der Waals surface area contributed by atoms with Gasteiger partial charge in [-0.2, -0.15) is 12.8 Å². The molecule has 1 aromatic rings. The zero-order valence-corrected chi connectivity index (χ0v) is 18.7. The van der Waals surface area contributed by atoms with Gasteiger partial charge in [-0.1, -0.05) is 56.5 Å². The lowest BCUT2D eigenvalue weighted by atomic mass is 10.0. The maximum absolute atomic E-state index is 10.9. The molecule has 168 valence electrons.